The quantitative estimate of drug-likeness (QED) is 0.879. The number of benzene rings is 1. The minimum absolute atomic E-state index is 0.213. The third kappa shape index (κ3) is 3.99. The van der Waals surface area contributed by atoms with E-state index in [9.17, 15) is 4.79 Å². The first-order chi connectivity index (χ1) is 11.6. The smallest absolute Gasteiger partial charge is 0.320 e. The van der Waals surface area contributed by atoms with Gasteiger partial charge in [-0.05, 0) is 24.1 Å². The summed E-state index contributed by atoms with van der Waals surface area (Å²) in [5, 5.41) is 5.51. The highest BCUT2D eigenvalue weighted by molar-refractivity contribution is 5.88. The number of fused-ring (bicyclic) bond motifs is 1. The van der Waals surface area contributed by atoms with Crippen molar-refractivity contribution in [2.75, 3.05) is 12.4 Å². The number of methoxy groups -OCH3 is 1. The van der Waals surface area contributed by atoms with Gasteiger partial charge in [0, 0.05) is 26.1 Å². The van der Waals surface area contributed by atoms with Gasteiger partial charge in [-0.2, -0.15) is 0 Å². The molecular weight excluding hydrogens is 308 g/mol. The Morgan fingerprint density at radius 2 is 2.25 bits per heavy atom. The maximum absolute atomic E-state index is 12.0. The zero-order valence-electron chi connectivity index (χ0n) is 13.7. The number of aromatic nitrogens is 2. The average Bonchev–Trinajstić information content (AvgIpc) is 2.93. The van der Waals surface area contributed by atoms with E-state index in [1.54, 1.807) is 13.2 Å². The number of carbonyl (C=O) groups is 1. The minimum Gasteiger partial charge on any atom is -0.490 e. The molecule has 0 saturated carbocycles. The molecule has 7 nitrogen and oxygen atoms in total. The van der Waals surface area contributed by atoms with E-state index in [1.807, 2.05) is 19.1 Å². The van der Waals surface area contributed by atoms with Gasteiger partial charge in [0.15, 0.2) is 0 Å². The van der Waals surface area contributed by atoms with E-state index in [4.69, 9.17) is 9.47 Å². The SMILES string of the molecule is COCc1cc(NC(=O)NCc2ccc3c(c2)CC(C)O3)ncn1. The molecule has 1 unspecified atom stereocenters. The Kier molecular flexibility index (Phi) is 4.90. The Labute approximate surface area is 140 Å². The zero-order chi connectivity index (χ0) is 16.9. The van der Waals surface area contributed by atoms with Gasteiger partial charge in [0.1, 0.15) is 24.0 Å². The molecule has 0 bridgehead atoms. The molecule has 1 aliphatic rings. The monoisotopic (exact) mass is 328 g/mol. The van der Waals surface area contributed by atoms with Crippen LogP contribution in [0.25, 0.3) is 0 Å². The van der Waals surface area contributed by atoms with Crippen molar-refractivity contribution in [1.82, 2.24) is 15.3 Å². The van der Waals surface area contributed by atoms with Crippen molar-refractivity contribution in [1.29, 1.82) is 0 Å². The van der Waals surface area contributed by atoms with Crippen LogP contribution in [0, 0.1) is 0 Å². The molecule has 126 valence electrons. The number of rotatable bonds is 5. The fourth-order valence-electron chi connectivity index (χ4n) is 2.62. The molecule has 7 heteroatoms. The molecule has 2 N–H and O–H groups in total. The summed E-state index contributed by atoms with van der Waals surface area (Å²) in [5.41, 5.74) is 2.92. The van der Waals surface area contributed by atoms with Crippen LogP contribution in [-0.4, -0.2) is 29.2 Å². The number of hydrogen-bond acceptors (Lipinski definition) is 5. The van der Waals surface area contributed by atoms with E-state index in [0.717, 1.165) is 17.7 Å². The number of nitrogens with one attached hydrogen (secondary N) is 2. The Hall–Kier alpha value is -2.67. The number of carbonyl (C=O) groups excluding carboxylic acids is 1. The molecule has 3 rings (SSSR count). The molecule has 1 atom stereocenters. The largest absolute Gasteiger partial charge is 0.490 e. The van der Waals surface area contributed by atoms with Gasteiger partial charge in [-0.3, -0.25) is 5.32 Å². The van der Waals surface area contributed by atoms with Gasteiger partial charge < -0.3 is 14.8 Å². The van der Waals surface area contributed by atoms with E-state index in [0.29, 0.717) is 24.7 Å². The maximum Gasteiger partial charge on any atom is 0.320 e. The second-order valence-electron chi connectivity index (χ2n) is 5.71. The predicted octanol–water partition coefficient (Wildman–Crippen LogP) is 2.27. The van der Waals surface area contributed by atoms with Gasteiger partial charge in [0.2, 0.25) is 0 Å². The van der Waals surface area contributed by atoms with E-state index in [-0.39, 0.29) is 12.1 Å². The van der Waals surface area contributed by atoms with Crippen molar-refractivity contribution in [2.45, 2.75) is 32.6 Å². The summed E-state index contributed by atoms with van der Waals surface area (Å²) in [4.78, 5) is 20.1. The fraction of sp³-hybridized carbons (Fsp3) is 0.353. The van der Waals surface area contributed by atoms with Crippen LogP contribution >= 0.6 is 0 Å². The Morgan fingerprint density at radius 1 is 1.38 bits per heavy atom. The molecule has 1 aliphatic heterocycles. The molecule has 0 spiro atoms. The first-order valence-corrected chi connectivity index (χ1v) is 7.77. The molecule has 2 aromatic rings. The van der Waals surface area contributed by atoms with Crippen LogP contribution in [0.1, 0.15) is 23.7 Å². The molecular formula is C17H20N4O3. The summed E-state index contributed by atoms with van der Waals surface area (Å²) >= 11 is 0. The molecule has 2 heterocycles. The molecule has 1 aromatic heterocycles. The van der Waals surface area contributed by atoms with Crippen molar-refractivity contribution in [3.05, 3.63) is 47.4 Å². The number of urea groups is 1. The molecule has 0 saturated heterocycles. The molecule has 24 heavy (non-hydrogen) atoms. The number of ether oxygens (including phenoxy) is 2. The second kappa shape index (κ2) is 7.27. The zero-order valence-corrected chi connectivity index (χ0v) is 13.7. The summed E-state index contributed by atoms with van der Waals surface area (Å²) in [6, 6.07) is 7.34. The first-order valence-electron chi connectivity index (χ1n) is 7.77. The van der Waals surface area contributed by atoms with Crippen LogP contribution < -0.4 is 15.4 Å². The maximum atomic E-state index is 12.0. The Morgan fingerprint density at radius 3 is 3.08 bits per heavy atom. The fourth-order valence-corrected chi connectivity index (χ4v) is 2.62. The Balaban J connectivity index is 1.54. The van der Waals surface area contributed by atoms with Crippen LogP contribution in [-0.2, 0) is 24.3 Å². The summed E-state index contributed by atoms with van der Waals surface area (Å²) < 4.78 is 10.7. The van der Waals surface area contributed by atoms with Gasteiger partial charge >= 0.3 is 6.03 Å². The van der Waals surface area contributed by atoms with Crippen LogP contribution in [0.15, 0.2) is 30.6 Å². The summed E-state index contributed by atoms with van der Waals surface area (Å²) in [6.07, 6.45) is 2.51. The highest BCUT2D eigenvalue weighted by atomic mass is 16.5. The van der Waals surface area contributed by atoms with E-state index in [1.165, 1.54) is 11.9 Å². The molecule has 0 fully saturated rings. The van der Waals surface area contributed by atoms with Gasteiger partial charge in [-0.25, -0.2) is 14.8 Å². The van der Waals surface area contributed by atoms with Crippen molar-refractivity contribution in [2.24, 2.45) is 0 Å². The Bertz CT molecular complexity index is 736. The lowest BCUT2D eigenvalue weighted by Crippen LogP contribution is -2.28. The highest BCUT2D eigenvalue weighted by Crippen LogP contribution is 2.29. The van der Waals surface area contributed by atoms with Gasteiger partial charge in [-0.1, -0.05) is 12.1 Å². The number of amides is 2. The van der Waals surface area contributed by atoms with Gasteiger partial charge in [-0.15, -0.1) is 0 Å². The molecule has 0 radical (unpaired) electrons. The predicted molar refractivity (Wildman–Crippen MR) is 88.8 cm³/mol. The molecule has 2 amide bonds. The second-order valence-corrected chi connectivity index (χ2v) is 5.71. The number of hydrogen-bond donors (Lipinski definition) is 2. The van der Waals surface area contributed by atoms with E-state index in [2.05, 4.69) is 26.7 Å². The van der Waals surface area contributed by atoms with Crippen LogP contribution in [0.4, 0.5) is 10.6 Å². The normalized spacial score (nSPS) is 15.5. The number of nitrogens with zero attached hydrogens (tertiary/aromatic N) is 2. The summed E-state index contributed by atoms with van der Waals surface area (Å²) in [6.45, 7) is 2.85. The van der Waals surface area contributed by atoms with E-state index < -0.39 is 0 Å². The van der Waals surface area contributed by atoms with Crippen LogP contribution in [0.3, 0.4) is 0 Å². The van der Waals surface area contributed by atoms with Crippen molar-refractivity contribution >= 4 is 11.8 Å². The van der Waals surface area contributed by atoms with Crippen LogP contribution in [0.5, 0.6) is 5.75 Å². The average molecular weight is 328 g/mol. The van der Waals surface area contributed by atoms with Crippen molar-refractivity contribution in [3.8, 4) is 5.75 Å². The third-order valence-electron chi connectivity index (χ3n) is 3.67. The summed E-state index contributed by atoms with van der Waals surface area (Å²) in [5.74, 6) is 1.37. The van der Waals surface area contributed by atoms with Crippen molar-refractivity contribution < 1.29 is 14.3 Å². The lowest BCUT2D eigenvalue weighted by atomic mass is 10.1. The van der Waals surface area contributed by atoms with Crippen molar-refractivity contribution in [3.63, 3.8) is 0 Å². The van der Waals surface area contributed by atoms with Gasteiger partial charge in [0.25, 0.3) is 0 Å². The lowest BCUT2D eigenvalue weighted by Gasteiger charge is -2.09. The highest BCUT2D eigenvalue weighted by Gasteiger charge is 2.18. The van der Waals surface area contributed by atoms with Crippen LogP contribution in [0.2, 0.25) is 0 Å². The minimum atomic E-state index is -0.317. The van der Waals surface area contributed by atoms with Gasteiger partial charge in [0.05, 0.1) is 12.3 Å². The molecule has 0 aliphatic carbocycles. The summed E-state index contributed by atoms with van der Waals surface area (Å²) in [7, 11) is 1.59. The topological polar surface area (TPSA) is 85.4 Å². The third-order valence-corrected chi connectivity index (χ3v) is 3.67. The first kappa shape index (κ1) is 16.2. The standard InChI is InChI=1S/C17H20N4O3/c1-11-5-13-6-12(3-4-15(13)24-11)8-18-17(22)21-16-7-14(9-23-2)19-10-20-16/h3-4,6-7,10-11H,5,8-9H2,1-2H3,(H2,18,19,20,21,22). The lowest BCUT2D eigenvalue weighted by molar-refractivity contribution is 0.181. The van der Waals surface area contributed by atoms with E-state index >= 15 is 0 Å². The molecule has 1 aromatic carbocycles. The number of anilines is 1.